The van der Waals surface area contributed by atoms with Crippen molar-refractivity contribution in [1.82, 2.24) is 10.2 Å². The Morgan fingerprint density at radius 1 is 1.33 bits per heavy atom. The van der Waals surface area contributed by atoms with Crippen molar-refractivity contribution in [3.8, 4) is 0 Å². The van der Waals surface area contributed by atoms with Crippen LogP contribution in [0.1, 0.15) is 5.56 Å². The van der Waals surface area contributed by atoms with Gasteiger partial charge in [0.1, 0.15) is 0 Å². The summed E-state index contributed by atoms with van der Waals surface area (Å²) in [6, 6.07) is 9.66. The fraction of sp³-hybridized carbons (Fsp3) is 0.0769. The standard InChI is InChI=1S/C13H11N3OS/c17-12(7-9-5-6-18-8-9)14-13-10-3-1-2-4-11(10)15-16-13/h1-6,8H,7H2,(H2,14,15,16,17). The molecule has 0 aliphatic carbocycles. The number of nitrogens with one attached hydrogen (secondary N) is 2. The van der Waals surface area contributed by atoms with Gasteiger partial charge in [-0.25, -0.2) is 0 Å². The van der Waals surface area contributed by atoms with Crippen LogP contribution >= 0.6 is 11.3 Å². The van der Waals surface area contributed by atoms with Crippen molar-refractivity contribution in [1.29, 1.82) is 0 Å². The second-order valence-corrected chi connectivity index (χ2v) is 4.75. The number of fused-ring (bicyclic) bond motifs is 1. The SMILES string of the molecule is O=C(Cc1ccsc1)Nc1n[nH]c2ccccc12. The number of H-pyrrole nitrogens is 1. The number of carbonyl (C=O) groups is 1. The minimum atomic E-state index is -0.0503. The Bertz CT molecular complexity index is 672. The number of nitrogens with zero attached hydrogens (tertiary/aromatic N) is 1. The first kappa shape index (κ1) is 11.0. The molecule has 0 radical (unpaired) electrons. The summed E-state index contributed by atoms with van der Waals surface area (Å²) in [6.07, 6.45) is 0.380. The van der Waals surface area contributed by atoms with Crippen molar-refractivity contribution < 1.29 is 4.79 Å². The number of aromatic nitrogens is 2. The molecule has 90 valence electrons. The maximum atomic E-state index is 11.9. The van der Waals surface area contributed by atoms with Gasteiger partial charge in [-0.15, -0.1) is 0 Å². The molecule has 2 heterocycles. The van der Waals surface area contributed by atoms with E-state index in [9.17, 15) is 4.79 Å². The molecule has 0 saturated heterocycles. The van der Waals surface area contributed by atoms with Crippen molar-refractivity contribution in [2.24, 2.45) is 0 Å². The maximum Gasteiger partial charge on any atom is 0.230 e. The van der Waals surface area contributed by atoms with Gasteiger partial charge in [-0.1, -0.05) is 12.1 Å². The molecule has 0 atom stereocenters. The van der Waals surface area contributed by atoms with E-state index in [0.29, 0.717) is 12.2 Å². The largest absolute Gasteiger partial charge is 0.308 e. The third-order valence-electron chi connectivity index (χ3n) is 2.67. The molecule has 2 aromatic heterocycles. The molecule has 0 spiro atoms. The first-order valence-electron chi connectivity index (χ1n) is 5.57. The quantitative estimate of drug-likeness (QED) is 0.758. The lowest BCUT2D eigenvalue weighted by Gasteiger charge is -2.00. The number of carbonyl (C=O) groups excluding carboxylic acids is 1. The van der Waals surface area contributed by atoms with Crippen LogP contribution in [0.25, 0.3) is 10.9 Å². The lowest BCUT2D eigenvalue weighted by Crippen LogP contribution is -2.14. The van der Waals surface area contributed by atoms with E-state index in [-0.39, 0.29) is 5.91 Å². The average molecular weight is 257 g/mol. The predicted molar refractivity (Wildman–Crippen MR) is 72.7 cm³/mol. The first-order chi connectivity index (χ1) is 8.83. The number of benzene rings is 1. The third kappa shape index (κ3) is 2.12. The summed E-state index contributed by atoms with van der Waals surface area (Å²) in [5.74, 6) is 0.538. The fourth-order valence-corrected chi connectivity index (χ4v) is 2.48. The Morgan fingerprint density at radius 2 is 2.22 bits per heavy atom. The van der Waals surface area contributed by atoms with Gasteiger partial charge in [-0.3, -0.25) is 9.89 Å². The van der Waals surface area contributed by atoms with Crippen LogP contribution < -0.4 is 5.32 Å². The molecule has 0 aliphatic rings. The van der Waals surface area contributed by atoms with Crippen LogP contribution in [-0.4, -0.2) is 16.1 Å². The zero-order valence-corrected chi connectivity index (χ0v) is 10.3. The summed E-state index contributed by atoms with van der Waals surface area (Å²) in [6.45, 7) is 0. The molecule has 18 heavy (non-hydrogen) atoms. The zero-order valence-electron chi connectivity index (χ0n) is 9.51. The summed E-state index contributed by atoms with van der Waals surface area (Å²) in [7, 11) is 0. The molecular weight excluding hydrogens is 246 g/mol. The van der Waals surface area contributed by atoms with Crippen LogP contribution in [0.5, 0.6) is 0 Å². The molecule has 0 aliphatic heterocycles. The number of hydrogen-bond donors (Lipinski definition) is 2. The van der Waals surface area contributed by atoms with Crippen LogP contribution in [0, 0.1) is 0 Å². The highest BCUT2D eigenvalue weighted by Gasteiger charge is 2.09. The highest BCUT2D eigenvalue weighted by atomic mass is 32.1. The average Bonchev–Trinajstić information content (AvgIpc) is 3.00. The van der Waals surface area contributed by atoms with Crippen molar-refractivity contribution in [3.63, 3.8) is 0 Å². The van der Waals surface area contributed by atoms with Gasteiger partial charge >= 0.3 is 0 Å². The summed E-state index contributed by atoms with van der Waals surface area (Å²) in [4.78, 5) is 11.9. The van der Waals surface area contributed by atoms with Gasteiger partial charge in [-0.2, -0.15) is 16.4 Å². The van der Waals surface area contributed by atoms with Gasteiger partial charge in [0.25, 0.3) is 0 Å². The molecule has 1 aromatic carbocycles. The van der Waals surface area contributed by atoms with Crippen LogP contribution in [0.15, 0.2) is 41.1 Å². The Labute approximate surface area is 108 Å². The summed E-state index contributed by atoms with van der Waals surface area (Å²) in [5.41, 5.74) is 1.95. The van der Waals surface area contributed by atoms with E-state index in [1.54, 1.807) is 11.3 Å². The van der Waals surface area contributed by atoms with Gasteiger partial charge < -0.3 is 5.32 Å². The first-order valence-corrected chi connectivity index (χ1v) is 6.51. The van der Waals surface area contributed by atoms with E-state index in [0.717, 1.165) is 16.5 Å². The zero-order chi connectivity index (χ0) is 12.4. The highest BCUT2D eigenvalue weighted by molar-refractivity contribution is 7.08. The number of rotatable bonds is 3. The number of hydrogen-bond acceptors (Lipinski definition) is 3. The van der Waals surface area contributed by atoms with Crippen LogP contribution in [0.2, 0.25) is 0 Å². The third-order valence-corrected chi connectivity index (χ3v) is 3.40. The second kappa shape index (κ2) is 4.62. The Hall–Kier alpha value is -2.14. The molecule has 2 N–H and O–H groups in total. The van der Waals surface area contributed by atoms with Gasteiger partial charge in [0.05, 0.1) is 11.9 Å². The van der Waals surface area contributed by atoms with Crippen LogP contribution in [0.3, 0.4) is 0 Å². The molecule has 4 nitrogen and oxygen atoms in total. The van der Waals surface area contributed by atoms with Gasteiger partial charge in [0.15, 0.2) is 5.82 Å². The maximum absolute atomic E-state index is 11.9. The summed E-state index contributed by atoms with van der Waals surface area (Å²) in [5, 5.41) is 14.7. The molecule has 0 unspecified atom stereocenters. The monoisotopic (exact) mass is 257 g/mol. The number of amides is 1. The van der Waals surface area contributed by atoms with Crippen LogP contribution in [-0.2, 0) is 11.2 Å². The Kier molecular flexibility index (Phi) is 2.82. The normalized spacial score (nSPS) is 10.7. The minimum Gasteiger partial charge on any atom is -0.308 e. The van der Waals surface area contributed by atoms with Crippen molar-refractivity contribution in [2.45, 2.75) is 6.42 Å². The fourth-order valence-electron chi connectivity index (χ4n) is 1.81. The lowest BCUT2D eigenvalue weighted by atomic mass is 10.2. The predicted octanol–water partition coefficient (Wildman–Crippen LogP) is 2.81. The number of para-hydroxylation sites is 1. The van der Waals surface area contributed by atoms with Gasteiger partial charge in [-0.05, 0) is 34.5 Å². The molecule has 5 heteroatoms. The van der Waals surface area contributed by atoms with E-state index in [2.05, 4.69) is 15.5 Å². The van der Waals surface area contributed by atoms with E-state index >= 15 is 0 Å². The molecule has 0 saturated carbocycles. The van der Waals surface area contributed by atoms with E-state index in [4.69, 9.17) is 0 Å². The number of anilines is 1. The molecular formula is C13H11N3OS. The molecule has 3 aromatic rings. The van der Waals surface area contributed by atoms with E-state index < -0.39 is 0 Å². The second-order valence-electron chi connectivity index (χ2n) is 3.97. The molecule has 3 rings (SSSR count). The van der Waals surface area contributed by atoms with Crippen molar-refractivity contribution in [2.75, 3.05) is 5.32 Å². The Morgan fingerprint density at radius 3 is 3.06 bits per heavy atom. The number of thiophene rings is 1. The van der Waals surface area contributed by atoms with Gasteiger partial charge in [0, 0.05) is 5.39 Å². The van der Waals surface area contributed by atoms with E-state index in [1.165, 1.54) is 0 Å². The van der Waals surface area contributed by atoms with E-state index in [1.807, 2.05) is 41.1 Å². The molecule has 1 amide bonds. The van der Waals surface area contributed by atoms with Crippen molar-refractivity contribution >= 4 is 34.0 Å². The van der Waals surface area contributed by atoms with Crippen molar-refractivity contribution in [3.05, 3.63) is 46.7 Å². The highest BCUT2D eigenvalue weighted by Crippen LogP contribution is 2.19. The minimum absolute atomic E-state index is 0.0503. The Balaban J connectivity index is 1.78. The molecule has 0 bridgehead atoms. The molecule has 0 fully saturated rings. The number of aromatic amines is 1. The van der Waals surface area contributed by atoms with Crippen LogP contribution in [0.4, 0.5) is 5.82 Å². The topological polar surface area (TPSA) is 57.8 Å². The summed E-state index contributed by atoms with van der Waals surface area (Å²) < 4.78 is 0. The summed E-state index contributed by atoms with van der Waals surface area (Å²) >= 11 is 1.59. The smallest absolute Gasteiger partial charge is 0.230 e. The lowest BCUT2D eigenvalue weighted by molar-refractivity contribution is -0.115. The van der Waals surface area contributed by atoms with Gasteiger partial charge in [0.2, 0.25) is 5.91 Å².